The third-order valence-electron chi connectivity index (χ3n) is 9.91. The van der Waals surface area contributed by atoms with Crippen LogP contribution in [-0.4, -0.2) is 73.4 Å². The van der Waals surface area contributed by atoms with E-state index in [0.29, 0.717) is 17.4 Å². The lowest BCUT2D eigenvalue weighted by Crippen LogP contribution is -2.45. The van der Waals surface area contributed by atoms with E-state index in [4.69, 9.17) is 9.05 Å². The summed E-state index contributed by atoms with van der Waals surface area (Å²) >= 11 is 0. The van der Waals surface area contributed by atoms with Gasteiger partial charge in [0.2, 0.25) is 5.91 Å². The largest absolute Gasteiger partial charge is 0.472 e. The molecule has 0 radical (unpaired) electrons. The molecule has 1 amide bonds. The zero-order valence-corrected chi connectivity index (χ0v) is 38.9. The molecule has 0 saturated carbocycles. The Hall–Kier alpha value is -2.06. The van der Waals surface area contributed by atoms with Crippen LogP contribution in [0.4, 0.5) is 0 Å². The zero-order chi connectivity index (χ0) is 42.8. The minimum atomic E-state index is -4.35. The molecule has 8 nitrogen and oxygen atoms in total. The summed E-state index contributed by atoms with van der Waals surface area (Å²) in [7, 11) is 1.54. The smallest absolute Gasteiger partial charge is 0.387 e. The fraction of sp³-hybridized carbons (Fsp3) is 0.735. The van der Waals surface area contributed by atoms with Gasteiger partial charge in [0.15, 0.2) is 0 Å². The fourth-order valence-corrected chi connectivity index (χ4v) is 6.96. The molecule has 0 rings (SSSR count). The van der Waals surface area contributed by atoms with E-state index in [2.05, 4.69) is 79.9 Å². The third-order valence-corrected chi connectivity index (χ3v) is 10.9. The first-order chi connectivity index (χ1) is 28.0. The third kappa shape index (κ3) is 42.1. The van der Waals surface area contributed by atoms with Crippen LogP contribution in [0.15, 0.2) is 72.9 Å². The Morgan fingerprint density at radius 2 is 1.05 bits per heavy atom. The molecule has 3 N–H and O–H groups in total. The van der Waals surface area contributed by atoms with Crippen LogP contribution in [-0.2, 0) is 18.4 Å². The predicted molar refractivity (Wildman–Crippen MR) is 249 cm³/mol. The number of carbonyl (C=O) groups is 1. The van der Waals surface area contributed by atoms with Crippen LogP contribution in [0.25, 0.3) is 0 Å². The van der Waals surface area contributed by atoms with E-state index < -0.39 is 20.0 Å². The molecule has 3 atom stereocenters. The Kier molecular flexibility index (Phi) is 38.9. The lowest BCUT2D eigenvalue weighted by Gasteiger charge is -2.25. The Balaban J connectivity index is 4.43. The van der Waals surface area contributed by atoms with Crippen molar-refractivity contribution in [2.45, 2.75) is 193 Å². The maximum absolute atomic E-state index is 12.9. The average molecular weight is 834 g/mol. The second-order valence-electron chi connectivity index (χ2n) is 16.7. The molecule has 0 aliphatic carbocycles. The quantitative estimate of drug-likeness (QED) is 0.0245. The minimum Gasteiger partial charge on any atom is -0.387 e. The van der Waals surface area contributed by atoms with E-state index in [9.17, 15) is 19.4 Å². The van der Waals surface area contributed by atoms with Gasteiger partial charge in [-0.3, -0.25) is 13.8 Å². The maximum atomic E-state index is 12.9. The van der Waals surface area contributed by atoms with Gasteiger partial charge >= 0.3 is 7.82 Å². The molecule has 3 unspecified atom stereocenters. The Morgan fingerprint density at radius 3 is 1.59 bits per heavy atom. The number of amides is 1. The number of phosphoric ester groups is 1. The number of nitrogens with zero attached hydrogens (tertiary/aromatic N) is 1. The summed E-state index contributed by atoms with van der Waals surface area (Å²) in [6, 6.07) is -0.870. The molecule has 0 aromatic carbocycles. The number of nitrogens with one attached hydrogen (secondary N) is 1. The maximum Gasteiger partial charge on any atom is 0.472 e. The van der Waals surface area contributed by atoms with Crippen LogP contribution in [0.1, 0.15) is 181 Å². The van der Waals surface area contributed by atoms with Crippen molar-refractivity contribution in [3.63, 3.8) is 0 Å². The van der Waals surface area contributed by atoms with Crippen LogP contribution in [0, 0.1) is 0 Å². The molecule has 0 heterocycles. The highest BCUT2D eigenvalue weighted by Gasteiger charge is 2.27. The van der Waals surface area contributed by atoms with Gasteiger partial charge in [0.25, 0.3) is 0 Å². The summed E-state index contributed by atoms with van der Waals surface area (Å²) in [6.45, 7) is 4.65. The van der Waals surface area contributed by atoms with E-state index in [0.717, 1.165) is 70.6 Å². The highest BCUT2D eigenvalue weighted by atomic mass is 31.2. The topological polar surface area (TPSA) is 105 Å². The SMILES string of the molecule is CC/C=C\C/C=C\C/C=C\C/C=C\CCCCCCCCCCC(=O)NC(COP(=O)(O)OCC[N+](C)(C)C)C(O)/C=C/CC/C=C/CCCCCCCCCCC. The summed E-state index contributed by atoms with van der Waals surface area (Å²) in [6.07, 6.45) is 54.0. The van der Waals surface area contributed by atoms with E-state index in [1.54, 1.807) is 6.08 Å². The van der Waals surface area contributed by atoms with Gasteiger partial charge in [0, 0.05) is 6.42 Å². The molecule has 0 spiro atoms. The summed E-state index contributed by atoms with van der Waals surface area (Å²) < 4.78 is 23.6. The van der Waals surface area contributed by atoms with Crippen molar-refractivity contribution in [1.82, 2.24) is 5.32 Å². The molecule has 58 heavy (non-hydrogen) atoms. The van der Waals surface area contributed by atoms with Gasteiger partial charge in [0.05, 0.1) is 39.9 Å². The van der Waals surface area contributed by atoms with Gasteiger partial charge in [0.1, 0.15) is 13.2 Å². The number of aliphatic hydroxyl groups is 1. The number of likely N-dealkylation sites (N-methyl/N-ethyl adjacent to an activating group) is 1. The van der Waals surface area contributed by atoms with Crippen LogP contribution in [0.3, 0.4) is 0 Å². The van der Waals surface area contributed by atoms with Crippen molar-refractivity contribution >= 4 is 13.7 Å². The van der Waals surface area contributed by atoms with Crippen molar-refractivity contribution in [2.75, 3.05) is 40.9 Å². The highest BCUT2D eigenvalue weighted by Crippen LogP contribution is 2.43. The molecule has 0 bridgehead atoms. The monoisotopic (exact) mass is 834 g/mol. The Labute approximate surface area is 357 Å². The van der Waals surface area contributed by atoms with Gasteiger partial charge in [-0.15, -0.1) is 0 Å². The van der Waals surface area contributed by atoms with Crippen molar-refractivity contribution in [2.24, 2.45) is 0 Å². The number of hydrogen-bond donors (Lipinski definition) is 3. The zero-order valence-electron chi connectivity index (χ0n) is 38.0. The molecule has 0 fully saturated rings. The molecule has 0 aliphatic heterocycles. The number of rotatable bonds is 41. The number of hydrogen-bond acceptors (Lipinski definition) is 5. The molecule has 0 aromatic heterocycles. The number of aliphatic hydroxyl groups excluding tert-OH is 1. The molecule has 0 aliphatic rings. The first-order valence-corrected chi connectivity index (χ1v) is 24.8. The number of quaternary nitrogens is 1. The fourth-order valence-electron chi connectivity index (χ4n) is 6.22. The second-order valence-corrected chi connectivity index (χ2v) is 18.2. The highest BCUT2D eigenvalue weighted by molar-refractivity contribution is 7.47. The van der Waals surface area contributed by atoms with E-state index in [1.807, 2.05) is 27.2 Å². The first-order valence-electron chi connectivity index (χ1n) is 23.3. The van der Waals surface area contributed by atoms with Gasteiger partial charge in [-0.05, 0) is 70.6 Å². The molecule has 0 aromatic rings. The summed E-state index contributed by atoms with van der Waals surface area (Å²) in [4.78, 5) is 23.1. The molecule has 336 valence electrons. The normalized spacial score (nSPS) is 14.9. The molecule has 0 saturated heterocycles. The Bertz CT molecular complexity index is 1170. The lowest BCUT2D eigenvalue weighted by atomic mass is 10.1. The summed E-state index contributed by atoms with van der Waals surface area (Å²) in [5.41, 5.74) is 0. The summed E-state index contributed by atoms with van der Waals surface area (Å²) in [5.74, 6) is -0.199. The van der Waals surface area contributed by atoms with Crippen molar-refractivity contribution < 1.29 is 32.9 Å². The number of allylic oxidation sites excluding steroid dienone is 11. The summed E-state index contributed by atoms with van der Waals surface area (Å²) in [5, 5.41) is 13.8. The standard InChI is InChI=1S/C49H89N2O6P/c1-6-8-10-12-14-16-18-20-22-23-24-25-26-27-29-31-33-35-37-39-41-43-49(53)50-47(46-57-58(54,55)56-45-44-51(3,4)5)48(52)42-40-38-36-34-32-30-28-21-19-17-15-13-11-9-7-2/h8,10,14,16,20,22,24-25,32,34,40,42,47-48,52H,6-7,9,11-13,15,17-19,21,23,26-31,33,35-39,41,43-46H2,1-5H3,(H-,50,53,54,55)/p+1/b10-8-,16-14-,22-20-,25-24-,34-32+,42-40+. The van der Waals surface area contributed by atoms with Crippen molar-refractivity contribution in [3.8, 4) is 0 Å². The van der Waals surface area contributed by atoms with E-state index in [-0.39, 0.29) is 19.1 Å². The van der Waals surface area contributed by atoms with Crippen LogP contribution in [0.5, 0.6) is 0 Å². The predicted octanol–water partition coefficient (Wildman–Crippen LogP) is 13.2. The number of unbranched alkanes of at least 4 members (excludes halogenated alkanes) is 18. The number of phosphoric acid groups is 1. The van der Waals surface area contributed by atoms with Crippen LogP contribution >= 0.6 is 7.82 Å². The van der Waals surface area contributed by atoms with E-state index >= 15 is 0 Å². The van der Waals surface area contributed by atoms with Gasteiger partial charge < -0.3 is 19.8 Å². The Morgan fingerprint density at radius 1 is 0.603 bits per heavy atom. The van der Waals surface area contributed by atoms with Crippen molar-refractivity contribution in [1.29, 1.82) is 0 Å². The second kappa shape index (κ2) is 40.4. The molecular weight excluding hydrogens is 744 g/mol. The number of carbonyl (C=O) groups excluding carboxylic acids is 1. The van der Waals surface area contributed by atoms with Crippen LogP contribution in [0.2, 0.25) is 0 Å². The lowest BCUT2D eigenvalue weighted by molar-refractivity contribution is -0.870. The van der Waals surface area contributed by atoms with Gasteiger partial charge in [-0.25, -0.2) is 4.57 Å². The van der Waals surface area contributed by atoms with Gasteiger partial charge in [-0.1, -0.05) is 177 Å². The minimum absolute atomic E-state index is 0.0510. The van der Waals surface area contributed by atoms with Gasteiger partial charge in [-0.2, -0.15) is 0 Å². The van der Waals surface area contributed by atoms with E-state index in [1.165, 1.54) is 89.9 Å². The molecular formula is C49H90N2O6P+. The first kappa shape index (κ1) is 55.9. The van der Waals surface area contributed by atoms with Crippen LogP contribution < -0.4 is 5.32 Å². The van der Waals surface area contributed by atoms with Crippen molar-refractivity contribution in [3.05, 3.63) is 72.9 Å². The molecule has 9 heteroatoms. The average Bonchev–Trinajstić information content (AvgIpc) is 3.17.